The fourth-order valence-corrected chi connectivity index (χ4v) is 1.39. The van der Waals surface area contributed by atoms with Gasteiger partial charge < -0.3 is 4.74 Å². The van der Waals surface area contributed by atoms with Crippen molar-refractivity contribution in [3.05, 3.63) is 29.8 Å². The lowest BCUT2D eigenvalue weighted by Gasteiger charge is -2.05. The number of hydrogen-bond acceptors (Lipinski definition) is 2. The van der Waals surface area contributed by atoms with Crippen LogP contribution in [0.4, 0.5) is 0 Å². The molecule has 0 aliphatic rings. The van der Waals surface area contributed by atoms with Crippen molar-refractivity contribution < 1.29 is 9.53 Å². The summed E-state index contributed by atoms with van der Waals surface area (Å²) in [4.78, 5) is 11.7. The summed E-state index contributed by atoms with van der Waals surface area (Å²) in [6, 6.07) is 7.35. The first-order valence-corrected chi connectivity index (χ1v) is 5.39. The minimum absolute atomic E-state index is 0.202. The number of ether oxygens (including phenoxy) is 1. The molecule has 1 rings (SSSR count). The molecule has 1 aromatic rings. The van der Waals surface area contributed by atoms with Crippen molar-refractivity contribution in [2.45, 2.75) is 27.2 Å². The molecule has 0 saturated heterocycles. The van der Waals surface area contributed by atoms with Gasteiger partial charge in [-0.05, 0) is 37.1 Å². The Labute approximate surface area is 91.3 Å². The maximum Gasteiger partial charge on any atom is 0.163 e. The van der Waals surface area contributed by atoms with E-state index in [-0.39, 0.29) is 5.78 Å². The molecule has 0 amide bonds. The third-order valence-corrected chi connectivity index (χ3v) is 2.08. The summed E-state index contributed by atoms with van der Waals surface area (Å²) in [5.74, 6) is 1.43. The molecule has 1 aromatic carbocycles. The molecule has 82 valence electrons. The smallest absolute Gasteiger partial charge is 0.163 e. The quantitative estimate of drug-likeness (QED) is 0.691. The number of carbonyl (C=O) groups is 1. The Balaban J connectivity index is 2.67. The molecule has 0 heterocycles. The van der Waals surface area contributed by atoms with E-state index in [0.29, 0.717) is 18.9 Å². The molecule has 0 aliphatic carbocycles. The molecule has 0 unspecified atom stereocenters. The third-order valence-electron chi connectivity index (χ3n) is 2.08. The van der Waals surface area contributed by atoms with Crippen LogP contribution in [0, 0.1) is 5.92 Å². The Bertz CT molecular complexity index is 312. The Morgan fingerprint density at radius 2 is 1.87 bits per heavy atom. The van der Waals surface area contributed by atoms with E-state index in [1.165, 1.54) is 0 Å². The van der Waals surface area contributed by atoms with Gasteiger partial charge in [0.15, 0.2) is 5.78 Å². The molecule has 2 nitrogen and oxygen atoms in total. The predicted molar refractivity (Wildman–Crippen MR) is 61.4 cm³/mol. The van der Waals surface area contributed by atoms with Gasteiger partial charge in [0.05, 0.1) is 6.61 Å². The van der Waals surface area contributed by atoms with Gasteiger partial charge in [-0.2, -0.15) is 0 Å². The van der Waals surface area contributed by atoms with Gasteiger partial charge in [-0.1, -0.05) is 13.8 Å². The van der Waals surface area contributed by atoms with Gasteiger partial charge >= 0.3 is 0 Å². The SMILES string of the molecule is CCOc1ccc(C(=O)CC(C)C)cc1. The number of benzene rings is 1. The molecule has 0 saturated carbocycles. The first kappa shape index (κ1) is 11.8. The molecule has 0 atom stereocenters. The molecular weight excluding hydrogens is 188 g/mol. The number of carbonyl (C=O) groups excluding carboxylic acids is 1. The second-order valence-corrected chi connectivity index (χ2v) is 3.98. The zero-order chi connectivity index (χ0) is 11.3. The fraction of sp³-hybridized carbons (Fsp3) is 0.462. The van der Waals surface area contributed by atoms with Crippen molar-refractivity contribution in [2.75, 3.05) is 6.61 Å². The van der Waals surface area contributed by atoms with Gasteiger partial charge in [-0.15, -0.1) is 0 Å². The van der Waals surface area contributed by atoms with Crippen LogP contribution in [0.2, 0.25) is 0 Å². The van der Waals surface area contributed by atoms with Gasteiger partial charge in [0.1, 0.15) is 5.75 Å². The van der Waals surface area contributed by atoms with E-state index in [4.69, 9.17) is 4.74 Å². The largest absolute Gasteiger partial charge is 0.494 e. The normalized spacial score (nSPS) is 10.4. The van der Waals surface area contributed by atoms with Crippen molar-refractivity contribution in [1.82, 2.24) is 0 Å². The molecule has 0 N–H and O–H groups in total. The van der Waals surface area contributed by atoms with Gasteiger partial charge in [0, 0.05) is 12.0 Å². The Hall–Kier alpha value is -1.31. The summed E-state index contributed by atoms with van der Waals surface area (Å²) in [5.41, 5.74) is 0.771. The van der Waals surface area contributed by atoms with Gasteiger partial charge in [0.2, 0.25) is 0 Å². The van der Waals surface area contributed by atoms with E-state index in [2.05, 4.69) is 0 Å². The highest BCUT2D eigenvalue weighted by Crippen LogP contribution is 2.15. The zero-order valence-electron chi connectivity index (χ0n) is 9.62. The second kappa shape index (κ2) is 5.54. The van der Waals surface area contributed by atoms with Crippen molar-refractivity contribution in [3.63, 3.8) is 0 Å². The van der Waals surface area contributed by atoms with E-state index in [1.807, 2.05) is 45.0 Å². The first-order chi connectivity index (χ1) is 7.13. The molecule has 0 aliphatic heterocycles. The minimum Gasteiger partial charge on any atom is -0.494 e. The summed E-state index contributed by atoms with van der Waals surface area (Å²) in [5, 5.41) is 0. The Morgan fingerprint density at radius 3 is 2.33 bits per heavy atom. The van der Waals surface area contributed by atoms with Crippen LogP contribution >= 0.6 is 0 Å². The fourth-order valence-electron chi connectivity index (χ4n) is 1.39. The van der Waals surface area contributed by atoms with Crippen molar-refractivity contribution >= 4 is 5.78 Å². The molecule has 0 radical (unpaired) electrons. The summed E-state index contributed by atoms with van der Waals surface area (Å²) in [7, 11) is 0. The van der Waals surface area contributed by atoms with Crippen LogP contribution in [0.25, 0.3) is 0 Å². The van der Waals surface area contributed by atoms with Gasteiger partial charge in [-0.25, -0.2) is 0 Å². The predicted octanol–water partition coefficient (Wildman–Crippen LogP) is 3.31. The maximum atomic E-state index is 11.7. The summed E-state index contributed by atoms with van der Waals surface area (Å²) >= 11 is 0. The molecule has 15 heavy (non-hydrogen) atoms. The monoisotopic (exact) mass is 206 g/mol. The van der Waals surface area contributed by atoms with Crippen LogP contribution in [0.3, 0.4) is 0 Å². The van der Waals surface area contributed by atoms with Crippen molar-refractivity contribution in [3.8, 4) is 5.75 Å². The van der Waals surface area contributed by atoms with Crippen LogP contribution < -0.4 is 4.74 Å². The summed E-state index contributed by atoms with van der Waals surface area (Å²) in [6.45, 7) is 6.69. The van der Waals surface area contributed by atoms with Gasteiger partial charge in [0.25, 0.3) is 0 Å². The molecular formula is C13H18O2. The van der Waals surface area contributed by atoms with Crippen LogP contribution in [0.5, 0.6) is 5.75 Å². The minimum atomic E-state index is 0.202. The van der Waals surface area contributed by atoms with E-state index in [0.717, 1.165) is 11.3 Å². The molecule has 0 aromatic heterocycles. The highest BCUT2D eigenvalue weighted by molar-refractivity contribution is 5.96. The molecule has 2 heteroatoms. The maximum absolute atomic E-state index is 11.7. The lowest BCUT2D eigenvalue weighted by molar-refractivity contribution is 0.0968. The van der Waals surface area contributed by atoms with E-state index >= 15 is 0 Å². The van der Waals surface area contributed by atoms with Crippen LogP contribution in [-0.2, 0) is 0 Å². The molecule has 0 bridgehead atoms. The van der Waals surface area contributed by atoms with Crippen molar-refractivity contribution in [1.29, 1.82) is 0 Å². The first-order valence-electron chi connectivity index (χ1n) is 5.39. The van der Waals surface area contributed by atoms with Crippen LogP contribution in [0.15, 0.2) is 24.3 Å². The van der Waals surface area contributed by atoms with E-state index in [9.17, 15) is 4.79 Å². The molecule has 0 fully saturated rings. The Morgan fingerprint density at radius 1 is 1.27 bits per heavy atom. The number of rotatable bonds is 5. The lowest BCUT2D eigenvalue weighted by atomic mass is 10.0. The topological polar surface area (TPSA) is 26.3 Å². The zero-order valence-corrected chi connectivity index (χ0v) is 9.62. The average Bonchev–Trinajstić information content (AvgIpc) is 2.18. The van der Waals surface area contributed by atoms with Crippen molar-refractivity contribution in [2.24, 2.45) is 5.92 Å². The number of Topliss-reactive ketones (excluding diaryl/α,β-unsaturated/α-hetero) is 1. The molecule has 0 spiro atoms. The standard InChI is InChI=1S/C13H18O2/c1-4-15-12-7-5-11(6-8-12)13(14)9-10(2)3/h5-8,10H,4,9H2,1-3H3. The van der Waals surface area contributed by atoms with E-state index in [1.54, 1.807) is 0 Å². The lowest BCUT2D eigenvalue weighted by Crippen LogP contribution is -2.03. The van der Waals surface area contributed by atoms with E-state index < -0.39 is 0 Å². The number of ketones is 1. The Kier molecular flexibility index (Phi) is 4.35. The number of hydrogen-bond donors (Lipinski definition) is 0. The summed E-state index contributed by atoms with van der Waals surface area (Å²) < 4.78 is 5.31. The average molecular weight is 206 g/mol. The third kappa shape index (κ3) is 3.74. The van der Waals surface area contributed by atoms with Crippen LogP contribution in [0.1, 0.15) is 37.6 Å². The highest BCUT2D eigenvalue weighted by atomic mass is 16.5. The second-order valence-electron chi connectivity index (χ2n) is 3.98. The van der Waals surface area contributed by atoms with Crippen LogP contribution in [-0.4, -0.2) is 12.4 Å². The summed E-state index contributed by atoms with van der Waals surface area (Å²) in [6.07, 6.45) is 0.605. The highest BCUT2D eigenvalue weighted by Gasteiger charge is 2.07. The van der Waals surface area contributed by atoms with Gasteiger partial charge in [-0.3, -0.25) is 4.79 Å².